The lowest BCUT2D eigenvalue weighted by Crippen LogP contribution is -2.27. The van der Waals surface area contributed by atoms with E-state index in [0.29, 0.717) is 5.71 Å². The molecule has 0 saturated carbocycles. The number of rotatable bonds is 7. The van der Waals surface area contributed by atoms with Gasteiger partial charge in [-0.3, -0.25) is 9.69 Å². The van der Waals surface area contributed by atoms with Gasteiger partial charge in [0.2, 0.25) is 15.9 Å². The topological polar surface area (TPSA) is 117 Å². The number of primary sulfonamides is 1. The Kier molecular flexibility index (Phi) is 7.00. The fourth-order valence-corrected chi connectivity index (χ4v) is 4.26. The molecule has 1 heterocycles. The third-order valence-corrected chi connectivity index (χ3v) is 6.64. The minimum absolute atomic E-state index is 0.0454. The lowest BCUT2D eigenvalue weighted by molar-refractivity contribution is -0.117. The number of hydrogen-bond donors (Lipinski definition) is 2. The molecule has 1 amide bonds. The van der Waals surface area contributed by atoms with E-state index in [1.807, 2.05) is 19.1 Å². The molecule has 0 fully saturated rings. The van der Waals surface area contributed by atoms with Gasteiger partial charge in [0.25, 0.3) is 0 Å². The molecule has 28 heavy (non-hydrogen) atoms. The molecule has 9 heteroatoms. The second kappa shape index (κ2) is 9.05. The molecule has 0 aliphatic rings. The number of amides is 1. The van der Waals surface area contributed by atoms with Crippen molar-refractivity contribution in [2.45, 2.75) is 24.5 Å². The molecule has 1 aromatic carbocycles. The lowest BCUT2D eigenvalue weighted by Gasteiger charge is -2.13. The molecule has 0 bridgehead atoms. The average Bonchev–Trinajstić information content (AvgIpc) is 3.04. The molecule has 0 unspecified atom stereocenters. The van der Waals surface area contributed by atoms with Gasteiger partial charge >= 0.3 is 0 Å². The number of aryl methyl sites for hydroxylation is 1. The number of hydrogen-bond acceptors (Lipinski definition) is 6. The molecular weight excluding hydrogens is 396 g/mol. The van der Waals surface area contributed by atoms with Crippen molar-refractivity contribution >= 4 is 38.1 Å². The maximum absolute atomic E-state index is 12.5. The van der Waals surface area contributed by atoms with Gasteiger partial charge in [-0.2, -0.15) is 0 Å². The van der Waals surface area contributed by atoms with Gasteiger partial charge in [-0.25, -0.2) is 18.5 Å². The molecule has 1 aromatic heterocycles. The lowest BCUT2D eigenvalue weighted by atomic mass is 10.1. The van der Waals surface area contributed by atoms with E-state index in [2.05, 4.69) is 4.98 Å². The number of allylic oxidation sites excluding steroid dienone is 4. The summed E-state index contributed by atoms with van der Waals surface area (Å²) in [6.45, 7) is 3.44. The van der Waals surface area contributed by atoms with E-state index in [4.69, 9.17) is 10.5 Å². The van der Waals surface area contributed by atoms with Crippen LogP contribution in [0.15, 0.2) is 52.8 Å². The van der Waals surface area contributed by atoms with Crippen molar-refractivity contribution in [2.24, 2.45) is 5.14 Å². The summed E-state index contributed by atoms with van der Waals surface area (Å²) in [5.74, 6) is -0.231. The predicted octanol–water partition coefficient (Wildman–Crippen LogP) is 2.80. The number of anilines is 1. The van der Waals surface area contributed by atoms with E-state index in [9.17, 15) is 13.2 Å². The first-order valence-corrected chi connectivity index (χ1v) is 10.7. The smallest absolute Gasteiger partial charge is 0.249 e. The van der Waals surface area contributed by atoms with Gasteiger partial charge in [-0.15, -0.1) is 0 Å². The van der Waals surface area contributed by atoms with Crippen LogP contribution >= 0.6 is 11.3 Å². The van der Waals surface area contributed by atoms with Crippen LogP contribution in [0.25, 0.3) is 0 Å². The molecule has 2 aromatic rings. The number of nitrogens with one attached hydrogen (secondary N) is 1. The molecule has 0 spiro atoms. The van der Waals surface area contributed by atoms with Crippen LogP contribution in [-0.4, -0.2) is 32.1 Å². The van der Waals surface area contributed by atoms with Gasteiger partial charge in [0.15, 0.2) is 9.34 Å². The zero-order valence-corrected chi connectivity index (χ0v) is 17.5. The first-order valence-electron chi connectivity index (χ1n) is 8.37. The number of carbonyl (C=O) groups excluding carboxylic acids is 1. The Morgan fingerprint density at radius 2 is 1.93 bits per heavy atom. The van der Waals surface area contributed by atoms with E-state index in [0.717, 1.165) is 22.5 Å². The molecule has 3 N–H and O–H groups in total. The summed E-state index contributed by atoms with van der Waals surface area (Å²) >= 11 is 0.869. The van der Waals surface area contributed by atoms with Crippen LogP contribution in [-0.2, 0) is 21.2 Å². The Morgan fingerprint density at radius 1 is 1.29 bits per heavy atom. The van der Waals surface area contributed by atoms with Crippen molar-refractivity contribution in [2.75, 3.05) is 11.9 Å². The summed E-state index contributed by atoms with van der Waals surface area (Å²) in [5.41, 5.74) is 2.18. The Balaban J connectivity index is 2.09. The molecule has 7 nitrogen and oxygen atoms in total. The van der Waals surface area contributed by atoms with Crippen molar-refractivity contribution in [3.8, 4) is 0 Å². The Hall–Kier alpha value is -2.62. The average molecular weight is 419 g/mol. The van der Waals surface area contributed by atoms with E-state index >= 15 is 0 Å². The second-order valence-corrected chi connectivity index (χ2v) is 8.77. The quantitative estimate of drug-likeness (QED) is 0.531. The number of aromatic nitrogens is 1. The zero-order valence-electron chi connectivity index (χ0n) is 15.8. The summed E-state index contributed by atoms with van der Waals surface area (Å²) in [6, 6.07) is 7.17. The van der Waals surface area contributed by atoms with Gasteiger partial charge in [0, 0.05) is 7.05 Å². The number of nitrogens with two attached hydrogens (primary N) is 1. The summed E-state index contributed by atoms with van der Waals surface area (Å²) in [5, 5.41) is 13.4. The molecule has 0 radical (unpaired) electrons. The van der Waals surface area contributed by atoms with E-state index in [1.165, 1.54) is 11.8 Å². The SMILES string of the molecule is C/C=C\C=C/C(=N)c1ccc(CC(=O)N(C)c2nc(C)c(S(N)(=O)=O)s2)cc1. The van der Waals surface area contributed by atoms with Gasteiger partial charge in [0.05, 0.1) is 17.8 Å². The Bertz CT molecular complexity index is 1040. The van der Waals surface area contributed by atoms with Crippen molar-refractivity contribution < 1.29 is 13.2 Å². The largest absolute Gasteiger partial charge is 0.300 e. The van der Waals surface area contributed by atoms with Crippen LogP contribution in [0, 0.1) is 12.3 Å². The number of carbonyl (C=O) groups is 1. The molecule has 148 valence electrons. The fraction of sp³-hybridized carbons (Fsp3) is 0.211. The number of likely N-dealkylation sites (N-methyl/N-ethyl adjacent to an activating group) is 1. The normalized spacial score (nSPS) is 12.0. The first kappa shape index (κ1) is 21.7. The molecule has 0 aliphatic heterocycles. The second-order valence-electron chi connectivity index (χ2n) is 6.04. The number of nitrogens with zero attached hydrogens (tertiary/aromatic N) is 2. The number of sulfonamides is 1. The number of thiazole rings is 1. The minimum Gasteiger partial charge on any atom is -0.300 e. The van der Waals surface area contributed by atoms with Crippen LogP contribution in [0.5, 0.6) is 0 Å². The summed E-state index contributed by atoms with van der Waals surface area (Å²) < 4.78 is 23.0. The molecule has 2 rings (SSSR count). The van der Waals surface area contributed by atoms with E-state index in [1.54, 1.807) is 43.5 Å². The van der Waals surface area contributed by atoms with E-state index < -0.39 is 10.0 Å². The van der Waals surface area contributed by atoms with Crippen LogP contribution in [0.3, 0.4) is 0 Å². The Labute approximate surface area is 168 Å². The maximum atomic E-state index is 12.5. The van der Waals surface area contributed by atoms with Crippen molar-refractivity contribution in [3.63, 3.8) is 0 Å². The van der Waals surface area contributed by atoms with Gasteiger partial charge < -0.3 is 5.41 Å². The molecule has 0 aliphatic carbocycles. The highest BCUT2D eigenvalue weighted by Crippen LogP contribution is 2.28. The Morgan fingerprint density at radius 3 is 2.46 bits per heavy atom. The van der Waals surface area contributed by atoms with Crippen LogP contribution < -0.4 is 10.0 Å². The highest BCUT2D eigenvalue weighted by Gasteiger charge is 2.22. The molecule has 0 saturated heterocycles. The van der Waals surface area contributed by atoms with Gasteiger partial charge in [0.1, 0.15) is 0 Å². The van der Waals surface area contributed by atoms with Crippen molar-refractivity contribution in [1.82, 2.24) is 4.98 Å². The monoisotopic (exact) mass is 418 g/mol. The summed E-state index contributed by atoms with van der Waals surface area (Å²) in [6.07, 6.45) is 7.34. The highest BCUT2D eigenvalue weighted by molar-refractivity contribution is 7.91. The summed E-state index contributed by atoms with van der Waals surface area (Å²) in [7, 11) is -2.32. The number of benzene rings is 1. The molecular formula is C19H22N4O3S2. The van der Waals surface area contributed by atoms with Crippen LogP contribution in [0.1, 0.15) is 23.7 Å². The maximum Gasteiger partial charge on any atom is 0.249 e. The minimum atomic E-state index is -3.86. The first-order chi connectivity index (χ1) is 13.1. The van der Waals surface area contributed by atoms with Crippen LogP contribution in [0.4, 0.5) is 5.13 Å². The zero-order chi connectivity index (χ0) is 20.9. The third kappa shape index (κ3) is 5.44. The van der Waals surface area contributed by atoms with Crippen molar-refractivity contribution in [1.29, 1.82) is 5.41 Å². The molecule has 0 atom stereocenters. The fourth-order valence-electron chi connectivity index (χ4n) is 2.34. The third-order valence-electron chi connectivity index (χ3n) is 3.85. The standard InChI is InChI=1S/C19H22N4O3S2/c1-4-5-6-7-16(20)15-10-8-14(9-11-15)12-17(24)23(3)19-22-13(2)18(27-19)28(21,25)26/h4-11,20H,12H2,1-3H3,(H2,21,25,26)/b5-4-,7-6-,20-16?. The van der Waals surface area contributed by atoms with Crippen LogP contribution in [0.2, 0.25) is 0 Å². The highest BCUT2D eigenvalue weighted by atomic mass is 32.2. The van der Waals surface area contributed by atoms with Crippen molar-refractivity contribution in [3.05, 3.63) is 65.4 Å². The summed E-state index contributed by atoms with van der Waals surface area (Å²) in [4.78, 5) is 18.0. The predicted molar refractivity (Wildman–Crippen MR) is 113 cm³/mol. The van der Waals surface area contributed by atoms with Gasteiger partial charge in [-0.1, -0.05) is 53.8 Å². The van der Waals surface area contributed by atoms with E-state index in [-0.39, 0.29) is 27.4 Å². The van der Waals surface area contributed by atoms with Gasteiger partial charge in [-0.05, 0) is 31.1 Å².